The Morgan fingerprint density at radius 3 is 2.43 bits per heavy atom. The molecule has 0 radical (unpaired) electrons. The van der Waals surface area contributed by atoms with Crippen LogP contribution in [0.5, 0.6) is 11.5 Å². The molecule has 1 aromatic rings. The van der Waals surface area contributed by atoms with E-state index in [9.17, 15) is 9.59 Å². The Kier molecular flexibility index (Phi) is 6.52. The van der Waals surface area contributed by atoms with Crippen molar-refractivity contribution in [2.24, 2.45) is 0 Å². The molecular formula is C15H22N2O4. The molecule has 0 aliphatic rings. The van der Waals surface area contributed by atoms with Crippen molar-refractivity contribution in [2.75, 3.05) is 20.8 Å². The van der Waals surface area contributed by atoms with Gasteiger partial charge in [0, 0.05) is 12.1 Å². The van der Waals surface area contributed by atoms with E-state index >= 15 is 0 Å². The van der Waals surface area contributed by atoms with Crippen LogP contribution in [0.3, 0.4) is 0 Å². The first kappa shape index (κ1) is 16.8. The summed E-state index contributed by atoms with van der Waals surface area (Å²) in [5, 5.41) is 5.38. The molecule has 0 bridgehead atoms. The number of hydrogen-bond acceptors (Lipinski definition) is 4. The minimum atomic E-state index is -0.600. The molecular weight excluding hydrogens is 272 g/mol. The van der Waals surface area contributed by atoms with Crippen LogP contribution in [-0.4, -0.2) is 38.6 Å². The summed E-state index contributed by atoms with van der Waals surface area (Å²) in [5.41, 5.74) is 0.405. The summed E-state index contributed by atoms with van der Waals surface area (Å²) < 4.78 is 10.3. The van der Waals surface area contributed by atoms with Gasteiger partial charge in [-0.15, -0.1) is 0 Å². The minimum Gasteiger partial charge on any atom is -0.493 e. The fourth-order valence-corrected chi connectivity index (χ4v) is 1.72. The van der Waals surface area contributed by atoms with Crippen LogP contribution in [0.25, 0.3) is 0 Å². The predicted molar refractivity (Wildman–Crippen MR) is 79.8 cm³/mol. The van der Waals surface area contributed by atoms with E-state index in [-0.39, 0.29) is 11.8 Å². The number of carbonyl (C=O) groups excluding carboxylic acids is 2. The fraction of sp³-hybridized carbons (Fsp3) is 0.467. The van der Waals surface area contributed by atoms with Crippen LogP contribution >= 0.6 is 0 Å². The molecule has 0 aromatic heterocycles. The summed E-state index contributed by atoms with van der Waals surface area (Å²) in [6.45, 7) is 4.20. The SMILES string of the molecule is CCCNC(=O)[C@H](C)NC(=O)c1ccc(OC)c(OC)c1. The lowest BCUT2D eigenvalue weighted by Crippen LogP contribution is -2.45. The number of nitrogens with one attached hydrogen (secondary N) is 2. The molecule has 0 saturated carbocycles. The zero-order chi connectivity index (χ0) is 15.8. The van der Waals surface area contributed by atoms with Crippen LogP contribution in [-0.2, 0) is 4.79 Å². The normalized spacial score (nSPS) is 11.4. The zero-order valence-electron chi connectivity index (χ0n) is 12.9. The summed E-state index contributed by atoms with van der Waals surface area (Å²) in [6.07, 6.45) is 0.849. The topological polar surface area (TPSA) is 76.7 Å². The zero-order valence-corrected chi connectivity index (χ0v) is 12.9. The van der Waals surface area contributed by atoms with E-state index in [0.29, 0.717) is 23.6 Å². The van der Waals surface area contributed by atoms with Crippen molar-refractivity contribution in [3.63, 3.8) is 0 Å². The fourth-order valence-electron chi connectivity index (χ4n) is 1.72. The molecule has 0 aliphatic heterocycles. The molecule has 6 nitrogen and oxygen atoms in total. The van der Waals surface area contributed by atoms with Crippen LogP contribution in [0.4, 0.5) is 0 Å². The van der Waals surface area contributed by atoms with Gasteiger partial charge in [-0.2, -0.15) is 0 Å². The Hall–Kier alpha value is -2.24. The first-order valence-corrected chi connectivity index (χ1v) is 6.84. The highest BCUT2D eigenvalue weighted by Crippen LogP contribution is 2.27. The molecule has 0 heterocycles. The molecule has 0 unspecified atom stereocenters. The molecule has 2 amide bonds. The Balaban J connectivity index is 2.73. The Bertz CT molecular complexity index is 502. The molecule has 116 valence electrons. The van der Waals surface area contributed by atoms with E-state index in [0.717, 1.165) is 6.42 Å². The molecule has 21 heavy (non-hydrogen) atoms. The largest absolute Gasteiger partial charge is 0.493 e. The van der Waals surface area contributed by atoms with Crippen molar-refractivity contribution < 1.29 is 19.1 Å². The van der Waals surface area contributed by atoms with Crippen LogP contribution in [0.1, 0.15) is 30.6 Å². The van der Waals surface area contributed by atoms with Gasteiger partial charge in [-0.05, 0) is 31.5 Å². The summed E-state index contributed by atoms with van der Waals surface area (Å²) in [5.74, 6) is 0.469. The first-order chi connectivity index (χ1) is 10.0. The molecule has 1 aromatic carbocycles. The van der Waals surface area contributed by atoms with E-state index in [1.165, 1.54) is 14.2 Å². The number of hydrogen-bond donors (Lipinski definition) is 2. The van der Waals surface area contributed by atoms with Crippen molar-refractivity contribution in [1.82, 2.24) is 10.6 Å². The summed E-state index contributed by atoms with van der Waals surface area (Å²) in [4.78, 5) is 23.8. The summed E-state index contributed by atoms with van der Waals surface area (Å²) in [7, 11) is 3.03. The predicted octanol–water partition coefficient (Wildman–Crippen LogP) is 1.35. The second-order valence-corrected chi connectivity index (χ2v) is 4.56. The van der Waals surface area contributed by atoms with Gasteiger partial charge >= 0.3 is 0 Å². The number of methoxy groups -OCH3 is 2. The molecule has 6 heteroatoms. The maximum absolute atomic E-state index is 12.1. The Morgan fingerprint density at radius 1 is 1.19 bits per heavy atom. The van der Waals surface area contributed by atoms with Crippen LogP contribution in [0.15, 0.2) is 18.2 Å². The van der Waals surface area contributed by atoms with E-state index in [4.69, 9.17) is 9.47 Å². The summed E-state index contributed by atoms with van der Waals surface area (Å²) in [6, 6.07) is 4.24. The van der Waals surface area contributed by atoms with Gasteiger partial charge in [-0.25, -0.2) is 0 Å². The average Bonchev–Trinajstić information content (AvgIpc) is 2.51. The third kappa shape index (κ3) is 4.66. The van der Waals surface area contributed by atoms with Crippen molar-refractivity contribution in [3.8, 4) is 11.5 Å². The van der Waals surface area contributed by atoms with Gasteiger partial charge in [0.05, 0.1) is 14.2 Å². The van der Waals surface area contributed by atoms with Gasteiger partial charge in [0.15, 0.2) is 11.5 Å². The smallest absolute Gasteiger partial charge is 0.252 e. The maximum Gasteiger partial charge on any atom is 0.252 e. The Labute approximate surface area is 124 Å². The monoisotopic (exact) mass is 294 g/mol. The number of ether oxygens (including phenoxy) is 2. The van der Waals surface area contributed by atoms with Gasteiger partial charge < -0.3 is 20.1 Å². The lowest BCUT2D eigenvalue weighted by Gasteiger charge is -2.14. The van der Waals surface area contributed by atoms with Crippen molar-refractivity contribution in [2.45, 2.75) is 26.3 Å². The van der Waals surface area contributed by atoms with Gasteiger partial charge in [0.1, 0.15) is 6.04 Å². The van der Waals surface area contributed by atoms with Crippen LogP contribution in [0.2, 0.25) is 0 Å². The maximum atomic E-state index is 12.1. The number of benzene rings is 1. The molecule has 1 atom stereocenters. The standard InChI is InChI=1S/C15H22N2O4/c1-5-8-16-14(18)10(2)17-15(19)11-6-7-12(20-3)13(9-11)21-4/h6-7,9-10H,5,8H2,1-4H3,(H,16,18)(H,17,19)/t10-/m0/s1. The van der Waals surface area contributed by atoms with Gasteiger partial charge in [-0.3, -0.25) is 9.59 Å². The van der Waals surface area contributed by atoms with Gasteiger partial charge in [0.2, 0.25) is 5.91 Å². The van der Waals surface area contributed by atoms with Crippen LogP contribution < -0.4 is 20.1 Å². The summed E-state index contributed by atoms with van der Waals surface area (Å²) >= 11 is 0. The molecule has 2 N–H and O–H groups in total. The highest BCUT2D eigenvalue weighted by Gasteiger charge is 2.17. The first-order valence-electron chi connectivity index (χ1n) is 6.84. The molecule has 0 spiro atoms. The minimum absolute atomic E-state index is 0.203. The number of carbonyl (C=O) groups is 2. The van der Waals surface area contributed by atoms with Crippen molar-refractivity contribution in [1.29, 1.82) is 0 Å². The molecule has 0 aliphatic carbocycles. The third-order valence-electron chi connectivity index (χ3n) is 2.94. The van der Waals surface area contributed by atoms with E-state index in [2.05, 4.69) is 10.6 Å². The second kappa shape index (κ2) is 8.14. The van der Waals surface area contributed by atoms with Gasteiger partial charge in [0.25, 0.3) is 5.91 Å². The molecule has 1 rings (SSSR count). The van der Waals surface area contributed by atoms with E-state index in [1.807, 2.05) is 6.92 Å². The highest BCUT2D eigenvalue weighted by atomic mass is 16.5. The second-order valence-electron chi connectivity index (χ2n) is 4.56. The van der Waals surface area contributed by atoms with E-state index in [1.54, 1.807) is 25.1 Å². The lowest BCUT2D eigenvalue weighted by molar-refractivity contribution is -0.122. The number of amides is 2. The average molecular weight is 294 g/mol. The highest BCUT2D eigenvalue weighted by molar-refractivity contribution is 5.97. The molecule has 0 saturated heterocycles. The quantitative estimate of drug-likeness (QED) is 0.796. The van der Waals surface area contributed by atoms with Crippen molar-refractivity contribution in [3.05, 3.63) is 23.8 Å². The third-order valence-corrected chi connectivity index (χ3v) is 2.94. The molecule has 0 fully saturated rings. The van der Waals surface area contributed by atoms with Crippen LogP contribution in [0, 0.1) is 0 Å². The Morgan fingerprint density at radius 2 is 1.86 bits per heavy atom. The number of rotatable bonds is 7. The van der Waals surface area contributed by atoms with Crippen molar-refractivity contribution >= 4 is 11.8 Å². The van der Waals surface area contributed by atoms with Gasteiger partial charge in [-0.1, -0.05) is 6.92 Å². The van der Waals surface area contributed by atoms with E-state index < -0.39 is 6.04 Å². The lowest BCUT2D eigenvalue weighted by atomic mass is 10.1.